The summed E-state index contributed by atoms with van der Waals surface area (Å²) in [7, 11) is 0. The summed E-state index contributed by atoms with van der Waals surface area (Å²) >= 11 is 0. The van der Waals surface area contributed by atoms with Gasteiger partial charge in [0.2, 0.25) is 0 Å². The fourth-order valence-corrected chi connectivity index (χ4v) is 3.05. The summed E-state index contributed by atoms with van der Waals surface area (Å²) in [5, 5.41) is 6.61. The third-order valence-electron chi connectivity index (χ3n) is 4.45. The Bertz CT molecular complexity index is 776. The van der Waals surface area contributed by atoms with Crippen LogP contribution in [0.3, 0.4) is 0 Å². The number of ether oxygens (including phenoxy) is 1. The number of halogens is 1. The fourth-order valence-electron chi connectivity index (χ4n) is 3.05. The van der Waals surface area contributed by atoms with Crippen LogP contribution in [-0.4, -0.2) is 17.2 Å². The van der Waals surface area contributed by atoms with E-state index in [0.717, 1.165) is 12.8 Å². The summed E-state index contributed by atoms with van der Waals surface area (Å²) < 4.78 is 25.8. The Morgan fingerprint density at radius 3 is 2.78 bits per heavy atom. The zero-order valence-corrected chi connectivity index (χ0v) is 13.0. The summed E-state index contributed by atoms with van der Waals surface area (Å²) in [6, 6.07) is 3.27. The van der Waals surface area contributed by atoms with Crippen LogP contribution < -0.4 is 10.1 Å². The molecule has 0 bridgehead atoms. The van der Waals surface area contributed by atoms with E-state index in [9.17, 15) is 9.18 Å². The van der Waals surface area contributed by atoms with Crippen molar-refractivity contribution in [3.63, 3.8) is 0 Å². The van der Waals surface area contributed by atoms with Crippen LogP contribution in [0.5, 0.6) is 5.75 Å². The zero-order valence-electron chi connectivity index (χ0n) is 13.0. The number of nitrogens with one attached hydrogen (secondary N) is 1. The van der Waals surface area contributed by atoms with Crippen molar-refractivity contribution < 1.29 is 18.4 Å². The van der Waals surface area contributed by atoms with Crippen molar-refractivity contribution in [2.45, 2.75) is 39.2 Å². The van der Waals surface area contributed by atoms with Gasteiger partial charge in [-0.1, -0.05) is 18.0 Å². The summed E-state index contributed by atoms with van der Waals surface area (Å²) in [6.45, 7) is 3.51. The molecule has 1 aromatic carbocycles. The number of benzene rings is 1. The van der Waals surface area contributed by atoms with Gasteiger partial charge in [-0.25, -0.2) is 4.39 Å². The molecule has 23 heavy (non-hydrogen) atoms. The zero-order chi connectivity index (χ0) is 16.1. The molecule has 2 aromatic rings. The molecule has 2 aliphatic rings. The second-order valence-corrected chi connectivity index (χ2v) is 6.28. The van der Waals surface area contributed by atoms with Crippen LogP contribution in [0, 0.1) is 25.6 Å². The number of aromatic nitrogens is 1. The van der Waals surface area contributed by atoms with Gasteiger partial charge in [0.05, 0.1) is 16.9 Å². The van der Waals surface area contributed by atoms with Crippen molar-refractivity contribution in [2.24, 2.45) is 5.92 Å². The topological polar surface area (TPSA) is 64.4 Å². The van der Waals surface area contributed by atoms with Gasteiger partial charge in [-0.2, -0.15) is 0 Å². The minimum Gasteiger partial charge on any atom is -0.475 e. The maximum Gasteiger partial charge on any atom is 0.265 e. The quantitative estimate of drug-likeness (QED) is 0.939. The summed E-state index contributed by atoms with van der Waals surface area (Å²) in [5.74, 6) is 0.483. The number of carbonyl (C=O) groups excluding carboxylic acids is 1. The van der Waals surface area contributed by atoms with Gasteiger partial charge < -0.3 is 14.6 Å². The maximum absolute atomic E-state index is 15.0. The second kappa shape index (κ2) is 5.08. The minimum atomic E-state index is -0.621. The molecule has 1 aromatic heterocycles. The molecule has 1 saturated carbocycles. The van der Waals surface area contributed by atoms with E-state index < -0.39 is 11.9 Å². The molecule has 1 aliphatic heterocycles. The van der Waals surface area contributed by atoms with Crippen molar-refractivity contribution >= 4 is 11.6 Å². The smallest absolute Gasteiger partial charge is 0.265 e. The molecular weight excluding hydrogens is 299 g/mol. The molecule has 4 rings (SSSR count). The summed E-state index contributed by atoms with van der Waals surface area (Å²) in [5.41, 5.74) is 2.00. The molecule has 1 amide bonds. The maximum atomic E-state index is 15.0. The lowest BCUT2D eigenvalue weighted by molar-refractivity contribution is -0.124. The van der Waals surface area contributed by atoms with Crippen molar-refractivity contribution in [1.29, 1.82) is 0 Å². The molecule has 1 atom stereocenters. The van der Waals surface area contributed by atoms with E-state index in [0.29, 0.717) is 40.6 Å². The molecule has 0 spiro atoms. The van der Waals surface area contributed by atoms with Gasteiger partial charge in [-0.3, -0.25) is 4.79 Å². The van der Waals surface area contributed by atoms with E-state index in [-0.39, 0.29) is 11.7 Å². The Morgan fingerprint density at radius 1 is 1.35 bits per heavy atom. The monoisotopic (exact) mass is 316 g/mol. The molecule has 0 unspecified atom stereocenters. The van der Waals surface area contributed by atoms with Crippen LogP contribution in [0.1, 0.15) is 30.7 Å². The molecule has 1 N–H and O–H groups in total. The van der Waals surface area contributed by atoms with Crippen LogP contribution in [0.15, 0.2) is 16.7 Å². The highest BCUT2D eigenvalue weighted by Crippen LogP contribution is 2.42. The van der Waals surface area contributed by atoms with Crippen LogP contribution in [0.2, 0.25) is 0 Å². The molecule has 120 valence electrons. The average molecular weight is 316 g/mol. The largest absolute Gasteiger partial charge is 0.475 e. The predicted molar refractivity (Wildman–Crippen MR) is 81.8 cm³/mol. The molecule has 2 heterocycles. The van der Waals surface area contributed by atoms with Crippen LogP contribution in [-0.2, 0) is 4.79 Å². The number of hydrogen-bond acceptors (Lipinski definition) is 4. The van der Waals surface area contributed by atoms with Crippen molar-refractivity contribution in [1.82, 2.24) is 5.16 Å². The first-order valence-corrected chi connectivity index (χ1v) is 7.78. The molecule has 1 aliphatic carbocycles. The minimum absolute atomic E-state index is 0.104. The molecular formula is C17H17FN2O3. The average Bonchev–Trinajstić information content (AvgIpc) is 3.27. The number of hydrogen-bond donors (Lipinski definition) is 1. The number of fused-ring (bicyclic) bond motifs is 1. The van der Waals surface area contributed by atoms with Crippen molar-refractivity contribution in [3.8, 4) is 16.9 Å². The Labute approximate surface area is 132 Å². The van der Waals surface area contributed by atoms with Crippen molar-refractivity contribution in [2.75, 3.05) is 5.32 Å². The standard InChI is InChI=1S/C17H17FN2O3/c1-8-14(9(2)23-20-8)11-5-6-12-16(15(11)18)22-13(17(21)19-12)7-10-3-4-10/h5-6,10,13H,3-4,7H2,1-2H3,(H,19,21)/t13-/m1/s1. The van der Waals surface area contributed by atoms with Gasteiger partial charge in [-0.05, 0) is 38.3 Å². The van der Waals surface area contributed by atoms with E-state index in [1.807, 2.05) is 0 Å². The SMILES string of the molecule is Cc1noc(C)c1-c1ccc2c(c1F)O[C@H](CC1CC1)C(=O)N2. The van der Waals surface area contributed by atoms with Crippen LogP contribution in [0.25, 0.3) is 11.1 Å². The fraction of sp³-hybridized carbons (Fsp3) is 0.412. The van der Waals surface area contributed by atoms with Gasteiger partial charge in [0, 0.05) is 5.56 Å². The molecule has 5 nitrogen and oxygen atoms in total. The highest BCUT2D eigenvalue weighted by molar-refractivity contribution is 5.98. The van der Waals surface area contributed by atoms with Gasteiger partial charge in [0.25, 0.3) is 5.91 Å². The molecule has 0 saturated heterocycles. The van der Waals surface area contributed by atoms with Crippen LogP contribution in [0.4, 0.5) is 10.1 Å². The van der Waals surface area contributed by atoms with Gasteiger partial charge in [0.1, 0.15) is 5.76 Å². The second-order valence-electron chi connectivity index (χ2n) is 6.28. The first-order valence-electron chi connectivity index (χ1n) is 7.78. The number of anilines is 1. The molecule has 0 radical (unpaired) electrons. The lowest BCUT2D eigenvalue weighted by Crippen LogP contribution is -2.37. The number of nitrogens with zero attached hydrogens (tertiary/aromatic N) is 1. The van der Waals surface area contributed by atoms with Crippen molar-refractivity contribution in [3.05, 3.63) is 29.4 Å². The Hall–Kier alpha value is -2.37. The predicted octanol–water partition coefficient (Wildman–Crippen LogP) is 3.60. The number of carbonyl (C=O) groups is 1. The lowest BCUT2D eigenvalue weighted by Gasteiger charge is -2.26. The molecule has 6 heteroatoms. The first-order chi connectivity index (χ1) is 11.0. The Balaban J connectivity index is 1.75. The number of aryl methyl sites for hydroxylation is 2. The summed E-state index contributed by atoms with van der Waals surface area (Å²) in [6.07, 6.45) is 2.24. The van der Waals surface area contributed by atoms with Gasteiger partial charge >= 0.3 is 0 Å². The lowest BCUT2D eigenvalue weighted by atomic mass is 10.0. The third kappa shape index (κ3) is 2.38. The van der Waals surface area contributed by atoms with E-state index in [4.69, 9.17) is 9.26 Å². The first kappa shape index (κ1) is 14.2. The number of amides is 1. The van der Waals surface area contributed by atoms with Gasteiger partial charge in [-0.15, -0.1) is 0 Å². The van der Waals surface area contributed by atoms with E-state index in [2.05, 4.69) is 10.5 Å². The summed E-state index contributed by atoms with van der Waals surface area (Å²) in [4.78, 5) is 12.1. The third-order valence-corrected chi connectivity index (χ3v) is 4.45. The number of rotatable bonds is 3. The van der Waals surface area contributed by atoms with E-state index in [1.54, 1.807) is 26.0 Å². The van der Waals surface area contributed by atoms with E-state index in [1.165, 1.54) is 0 Å². The van der Waals surface area contributed by atoms with Gasteiger partial charge in [0.15, 0.2) is 17.7 Å². The molecule has 1 fully saturated rings. The highest BCUT2D eigenvalue weighted by Gasteiger charge is 2.36. The Kier molecular flexibility index (Phi) is 3.14. The van der Waals surface area contributed by atoms with E-state index >= 15 is 0 Å². The van der Waals surface area contributed by atoms with Crippen LogP contribution >= 0.6 is 0 Å². The Morgan fingerprint density at radius 2 is 2.13 bits per heavy atom. The highest BCUT2D eigenvalue weighted by atomic mass is 19.1. The normalized spacial score (nSPS) is 20.0.